The van der Waals surface area contributed by atoms with E-state index in [4.69, 9.17) is 4.74 Å². The molecule has 0 saturated carbocycles. The summed E-state index contributed by atoms with van der Waals surface area (Å²) in [7, 11) is 0. The fourth-order valence-corrected chi connectivity index (χ4v) is 5.51. The second-order valence-corrected chi connectivity index (χ2v) is 9.87. The van der Waals surface area contributed by atoms with E-state index in [0.29, 0.717) is 6.42 Å². The van der Waals surface area contributed by atoms with Gasteiger partial charge in [-0.15, -0.1) is 23.1 Å². The molecule has 0 aliphatic carbocycles. The summed E-state index contributed by atoms with van der Waals surface area (Å²) >= 11 is 2.97. The molecule has 0 bridgehead atoms. The average molecular weight is 461 g/mol. The van der Waals surface area contributed by atoms with Crippen LogP contribution in [0.25, 0.3) is 10.4 Å². The summed E-state index contributed by atoms with van der Waals surface area (Å²) in [5.74, 6) is -0.249. The summed E-state index contributed by atoms with van der Waals surface area (Å²) < 4.78 is 19.1. The number of aliphatic hydroxyl groups is 3. The van der Waals surface area contributed by atoms with Gasteiger partial charge in [0.05, 0.1) is 0 Å². The maximum Gasteiger partial charge on any atom is 0.132 e. The third-order valence-corrected chi connectivity index (χ3v) is 7.65. The predicted octanol–water partition coefficient (Wildman–Crippen LogP) is 4.30. The van der Waals surface area contributed by atoms with Gasteiger partial charge in [0.2, 0.25) is 0 Å². The Morgan fingerprint density at radius 3 is 2.42 bits per heavy atom. The zero-order valence-electron chi connectivity index (χ0n) is 17.2. The highest BCUT2D eigenvalue weighted by Gasteiger charge is 2.44. The lowest BCUT2D eigenvalue weighted by atomic mass is 9.92. The molecule has 164 valence electrons. The van der Waals surface area contributed by atoms with E-state index in [0.717, 1.165) is 27.1 Å². The maximum atomic E-state index is 13.2. The summed E-state index contributed by atoms with van der Waals surface area (Å²) in [6, 6.07) is 16.5. The summed E-state index contributed by atoms with van der Waals surface area (Å²) in [6.07, 6.45) is -1.82. The molecule has 7 heteroatoms. The zero-order valence-corrected chi connectivity index (χ0v) is 18.9. The Hall–Kier alpha value is -1.74. The fraction of sp³-hybridized carbons (Fsp3) is 0.333. The third kappa shape index (κ3) is 4.72. The highest BCUT2D eigenvalue weighted by Crippen LogP contribution is 2.37. The number of thiophene rings is 1. The lowest BCUT2D eigenvalue weighted by molar-refractivity contribution is -0.200. The van der Waals surface area contributed by atoms with Crippen LogP contribution in [0, 0.1) is 12.7 Å². The lowest BCUT2D eigenvalue weighted by Crippen LogP contribution is -2.52. The molecule has 4 rings (SSSR count). The molecule has 5 atom stereocenters. The topological polar surface area (TPSA) is 69.9 Å². The fourth-order valence-electron chi connectivity index (χ4n) is 3.81. The quantitative estimate of drug-likeness (QED) is 0.530. The number of rotatable bonds is 5. The van der Waals surface area contributed by atoms with Crippen LogP contribution in [0.2, 0.25) is 0 Å². The van der Waals surface area contributed by atoms with Crippen molar-refractivity contribution in [1.29, 1.82) is 0 Å². The van der Waals surface area contributed by atoms with Gasteiger partial charge in [0.25, 0.3) is 0 Å². The number of thioether (sulfide) groups is 1. The molecular formula is C24H25FO4S2. The van der Waals surface area contributed by atoms with Crippen molar-refractivity contribution in [3.8, 4) is 10.4 Å². The van der Waals surface area contributed by atoms with Gasteiger partial charge in [0, 0.05) is 16.2 Å². The largest absolute Gasteiger partial charge is 0.387 e. The molecule has 1 aliphatic heterocycles. The minimum atomic E-state index is -1.27. The Bertz CT molecular complexity index is 1030. The van der Waals surface area contributed by atoms with Crippen molar-refractivity contribution in [2.75, 3.05) is 6.26 Å². The van der Waals surface area contributed by atoms with Gasteiger partial charge in [-0.05, 0) is 59.7 Å². The van der Waals surface area contributed by atoms with Gasteiger partial charge in [0.15, 0.2) is 0 Å². The van der Waals surface area contributed by atoms with E-state index >= 15 is 0 Å². The zero-order chi connectivity index (χ0) is 22.1. The molecule has 2 aromatic carbocycles. The molecule has 3 aromatic rings. The number of hydrogen-bond donors (Lipinski definition) is 3. The van der Waals surface area contributed by atoms with Crippen molar-refractivity contribution < 1.29 is 24.4 Å². The molecule has 0 amide bonds. The van der Waals surface area contributed by atoms with E-state index < -0.39 is 29.9 Å². The van der Waals surface area contributed by atoms with Gasteiger partial charge in [-0.25, -0.2) is 4.39 Å². The van der Waals surface area contributed by atoms with Crippen molar-refractivity contribution in [3.05, 3.63) is 82.0 Å². The predicted molar refractivity (Wildman–Crippen MR) is 123 cm³/mol. The standard InChI is InChI=1S/C24H25FO4S2/c1-13-3-4-15(23-21(27)20(26)22(28)24(29-23)30-2)11-16(13)12-18-9-10-19(31-18)14-5-7-17(25)8-6-14/h3-11,20-24,26-28H,12H2,1-2H3/t20-,21-,22+,23+,24-/m1/s1. The molecule has 3 N–H and O–H groups in total. The average Bonchev–Trinajstić information content (AvgIpc) is 3.23. The van der Waals surface area contributed by atoms with E-state index in [9.17, 15) is 19.7 Å². The SMILES string of the molecule is CS[C@H]1O[C@@H](c2ccc(C)c(Cc3ccc(-c4ccc(F)cc4)s3)c2)[C@H](O)[C@@H](O)[C@@H]1O. The summed E-state index contributed by atoms with van der Waals surface area (Å²) in [4.78, 5) is 2.25. The number of hydrogen-bond acceptors (Lipinski definition) is 6. The Morgan fingerprint density at radius 1 is 0.968 bits per heavy atom. The first-order valence-corrected chi connectivity index (χ1v) is 12.1. The molecule has 1 aromatic heterocycles. The number of aliphatic hydroxyl groups excluding tert-OH is 3. The third-order valence-electron chi connectivity index (χ3n) is 5.66. The van der Waals surface area contributed by atoms with Crippen LogP contribution in [-0.2, 0) is 11.2 Å². The van der Waals surface area contributed by atoms with E-state index in [-0.39, 0.29) is 5.82 Å². The second-order valence-electron chi connectivity index (χ2n) is 7.77. The lowest BCUT2D eigenvalue weighted by Gasteiger charge is -2.40. The van der Waals surface area contributed by atoms with Crippen molar-refractivity contribution in [2.45, 2.75) is 43.2 Å². The molecule has 0 unspecified atom stereocenters. The molecule has 2 heterocycles. The van der Waals surface area contributed by atoms with Crippen LogP contribution in [0.1, 0.15) is 27.7 Å². The molecule has 4 nitrogen and oxygen atoms in total. The molecule has 31 heavy (non-hydrogen) atoms. The minimum Gasteiger partial charge on any atom is -0.387 e. The molecule has 0 spiro atoms. The van der Waals surface area contributed by atoms with Crippen LogP contribution in [-0.4, -0.2) is 45.3 Å². The Kier molecular flexibility index (Phi) is 6.81. The van der Waals surface area contributed by atoms with Gasteiger partial charge in [-0.3, -0.25) is 0 Å². The molecule has 1 aliphatic rings. The van der Waals surface area contributed by atoms with Crippen LogP contribution in [0.4, 0.5) is 4.39 Å². The van der Waals surface area contributed by atoms with Crippen LogP contribution in [0.3, 0.4) is 0 Å². The van der Waals surface area contributed by atoms with Crippen molar-refractivity contribution in [2.24, 2.45) is 0 Å². The second kappa shape index (κ2) is 9.40. The van der Waals surface area contributed by atoms with Gasteiger partial charge < -0.3 is 20.1 Å². The highest BCUT2D eigenvalue weighted by atomic mass is 32.2. The Balaban J connectivity index is 1.57. The molecule has 0 radical (unpaired) electrons. The number of aryl methyl sites for hydroxylation is 1. The van der Waals surface area contributed by atoms with Crippen LogP contribution in [0.5, 0.6) is 0 Å². The molecular weight excluding hydrogens is 435 g/mol. The van der Waals surface area contributed by atoms with Gasteiger partial charge in [-0.1, -0.05) is 30.3 Å². The molecule has 1 saturated heterocycles. The first-order valence-electron chi connectivity index (χ1n) is 10.0. The maximum absolute atomic E-state index is 13.2. The first kappa shape index (κ1) is 22.5. The van der Waals surface area contributed by atoms with Gasteiger partial charge in [-0.2, -0.15) is 0 Å². The summed E-state index contributed by atoms with van der Waals surface area (Å²) in [6.45, 7) is 2.04. The van der Waals surface area contributed by atoms with Crippen molar-refractivity contribution >= 4 is 23.1 Å². The number of ether oxygens (including phenoxy) is 1. The van der Waals surface area contributed by atoms with Crippen LogP contribution in [0.15, 0.2) is 54.6 Å². The van der Waals surface area contributed by atoms with Crippen molar-refractivity contribution in [3.63, 3.8) is 0 Å². The summed E-state index contributed by atoms with van der Waals surface area (Å²) in [5.41, 5.74) is 3.37. The van der Waals surface area contributed by atoms with E-state index in [1.165, 1.54) is 28.8 Å². The van der Waals surface area contributed by atoms with E-state index in [1.54, 1.807) is 29.7 Å². The van der Waals surface area contributed by atoms with Crippen molar-refractivity contribution in [1.82, 2.24) is 0 Å². The van der Waals surface area contributed by atoms with Crippen LogP contribution < -0.4 is 0 Å². The van der Waals surface area contributed by atoms with Crippen LogP contribution >= 0.6 is 23.1 Å². The van der Waals surface area contributed by atoms with Gasteiger partial charge >= 0.3 is 0 Å². The molecule has 1 fully saturated rings. The smallest absolute Gasteiger partial charge is 0.132 e. The number of benzene rings is 2. The summed E-state index contributed by atoms with van der Waals surface area (Å²) in [5, 5.41) is 30.9. The minimum absolute atomic E-state index is 0.249. The van der Waals surface area contributed by atoms with Gasteiger partial charge in [0.1, 0.15) is 35.7 Å². The van der Waals surface area contributed by atoms with E-state index in [1.807, 2.05) is 31.2 Å². The normalized spacial score (nSPS) is 26.2. The Morgan fingerprint density at radius 2 is 1.71 bits per heavy atom. The van der Waals surface area contributed by atoms with E-state index in [2.05, 4.69) is 6.07 Å². The highest BCUT2D eigenvalue weighted by molar-refractivity contribution is 7.99. The monoisotopic (exact) mass is 460 g/mol. The first-order chi connectivity index (χ1) is 14.9. The Labute approximate surface area is 189 Å². The number of halogens is 1.